The van der Waals surface area contributed by atoms with E-state index in [0.717, 1.165) is 56.8 Å². The Morgan fingerprint density at radius 2 is 1.85 bits per heavy atom. The first-order valence-electron chi connectivity index (χ1n) is 13.3. The fourth-order valence-corrected chi connectivity index (χ4v) is 5.35. The van der Waals surface area contributed by atoms with Crippen molar-refractivity contribution < 1.29 is 22.4 Å². The molecule has 1 aliphatic heterocycles. The zero-order valence-corrected chi connectivity index (χ0v) is 21.7. The number of anilines is 2. The van der Waals surface area contributed by atoms with E-state index >= 15 is 0 Å². The van der Waals surface area contributed by atoms with E-state index in [1.807, 2.05) is 11.0 Å². The SMILES string of the molecule is CNC(=O)c1cccc(-c2cnc(NC3CCCCC3NC3CCCN(c4cnc(C(F)(F)F)cn4)C3)o2)c1. The maximum atomic E-state index is 12.9. The number of oxazole rings is 1. The zero-order valence-electron chi connectivity index (χ0n) is 21.7. The predicted molar refractivity (Wildman–Crippen MR) is 140 cm³/mol. The summed E-state index contributed by atoms with van der Waals surface area (Å²) in [5, 5.41) is 9.86. The Hall–Kier alpha value is -3.67. The van der Waals surface area contributed by atoms with Crippen LogP contribution in [0.2, 0.25) is 0 Å². The first-order valence-corrected chi connectivity index (χ1v) is 13.3. The Balaban J connectivity index is 1.22. The van der Waals surface area contributed by atoms with Crippen LogP contribution >= 0.6 is 0 Å². The van der Waals surface area contributed by atoms with Crippen LogP contribution in [0.4, 0.5) is 25.0 Å². The van der Waals surface area contributed by atoms with Crippen molar-refractivity contribution >= 4 is 17.7 Å². The topological polar surface area (TPSA) is 108 Å². The second kappa shape index (κ2) is 11.6. The summed E-state index contributed by atoms with van der Waals surface area (Å²) in [7, 11) is 1.59. The van der Waals surface area contributed by atoms with E-state index in [1.54, 1.807) is 31.4 Å². The second-order valence-electron chi connectivity index (χ2n) is 10.0. The van der Waals surface area contributed by atoms with Crippen LogP contribution < -0.4 is 20.9 Å². The molecule has 1 amide bonds. The number of carbonyl (C=O) groups excluding carboxylic acids is 1. The fourth-order valence-electron chi connectivity index (χ4n) is 5.35. The van der Waals surface area contributed by atoms with E-state index in [-0.39, 0.29) is 24.0 Å². The molecule has 1 saturated carbocycles. The third-order valence-corrected chi connectivity index (χ3v) is 7.34. The number of rotatable bonds is 7. The van der Waals surface area contributed by atoms with E-state index < -0.39 is 11.9 Å². The molecule has 0 radical (unpaired) electrons. The lowest BCUT2D eigenvalue weighted by atomic mass is 9.89. The second-order valence-corrected chi connectivity index (χ2v) is 10.0. The minimum absolute atomic E-state index is 0.115. The Morgan fingerprint density at radius 1 is 1.03 bits per heavy atom. The van der Waals surface area contributed by atoms with Gasteiger partial charge in [0.15, 0.2) is 11.5 Å². The summed E-state index contributed by atoms with van der Waals surface area (Å²) < 4.78 is 44.6. The van der Waals surface area contributed by atoms with Crippen LogP contribution in [0.3, 0.4) is 0 Å². The highest BCUT2D eigenvalue weighted by Gasteiger charge is 2.34. The van der Waals surface area contributed by atoms with Gasteiger partial charge in [0.25, 0.3) is 11.9 Å². The molecule has 9 nitrogen and oxygen atoms in total. The van der Waals surface area contributed by atoms with Crippen LogP contribution in [0.25, 0.3) is 11.3 Å². The number of amides is 1. The number of nitrogens with one attached hydrogen (secondary N) is 3. The highest BCUT2D eigenvalue weighted by Crippen LogP contribution is 2.29. The summed E-state index contributed by atoms with van der Waals surface area (Å²) >= 11 is 0. The predicted octanol–water partition coefficient (Wildman–Crippen LogP) is 4.49. The highest BCUT2D eigenvalue weighted by molar-refractivity contribution is 5.95. The largest absolute Gasteiger partial charge is 0.434 e. The maximum Gasteiger partial charge on any atom is 0.434 e. The summed E-state index contributed by atoms with van der Waals surface area (Å²) in [6.07, 6.45) is 5.20. The van der Waals surface area contributed by atoms with E-state index in [0.29, 0.717) is 29.7 Å². The molecule has 3 atom stereocenters. The molecular weight excluding hydrogens is 511 g/mol. The Kier molecular flexibility index (Phi) is 8.01. The van der Waals surface area contributed by atoms with Gasteiger partial charge in [0, 0.05) is 49.4 Å². The molecule has 3 heterocycles. The Bertz CT molecular complexity index is 1260. The van der Waals surface area contributed by atoms with Crippen molar-refractivity contribution in [3.63, 3.8) is 0 Å². The highest BCUT2D eigenvalue weighted by atomic mass is 19.4. The van der Waals surface area contributed by atoms with Gasteiger partial charge in [-0.1, -0.05) is 25.0 Å². The first-order chi connectivity index (χ1) is 18.8. The smallest absolute Gasteiger partial charge is 0.424 e. The summed E-state index contributed by atoms with van der Waals surface area (Å²) in [6.45, 7) is 1.37. The van der Waals surface area contributed by atoms with Gasteiger partial charge in [-0.2, -0.15) is 13.2 Å². The zero-order chi connectivity index (χ0) is 27.4. The lowest BCUT2D eigenvalue weighted by Crippen LogP contribution is -2.55. The Labute approximate surface area is 224 Å². The number of nitrogens with zero attached hydrogens (tertiary/aromatic N) is 4. The monoisotopic (exact) mass is 543 g/mol. The summed E-state index contributed by atoms with van der Waals surface area (Å²) in [4.78, 5) is 26.0. The minimum Gasteiger partial charge on any atom is -0.424 e. The minimum atomic E-state index is -4.50. The van der Waals surface area contributed by atoms with E-state index in [2.05, 4.69) is 30.9 Å². The molecule has 1 aliphatic carbocycles. The van der Waals surface area contributed by atoms with E-state index in [9.17, 15) is 18.0 Å². The molecular formula is C27H32F3N7O2. The normalized spacial score (nSPS) is 21.9. The molecule has 3 unspecified atom stereocenters. The molecule has 1 saturated heterocycles. The molecule has 12 heteroatoms. The number of carbonyl (C=O) groups is 1. The molecule has 0 bridgehead atoms. The number of hydrogen-bond donors (Lipinski definition) is 3. The third kappa shape index (κ3) is 6.49. The van der Waals surface area contributed by atoms with Crippen LogP contribution in [-0.2, 0) is 6.18 Å². The number of halogens is 3. The van der Waals surface area contributed by atoms with Crippen LogP contribution in [0.1, 0.15) is 54.6 Å². The standard InChI is InChI=1S/C27H32F3N7O2/c1-31-25(38)18-7-4-6-17(12-18)22-13-34-26(39-22)36-21-10-3-2-9-20(21)35-19-8-5-11-37(16-19)24-15-32-23(14-33-24)27(28,29)30/h4,6-7,12-15,19-21,35H,2-3,5,8-11,16H2,1H3,(H,31,38)(H,34,36). The van der Waals surface area contributed by atoms with Crippen LogP contribution in [0, 0.1) is 0 Å². The van der Waals surface area contributed by atoms with Gasteiger partial charge in [-0.25, -0.2) is 15.0 Å². The van der Waals surface area contributed by atoms with Gasteiger partial charge < -0.3 is 25.3 Å². The first kappa shape index (κ1) is 26.9. The van der Waals surface area contributed by atoms with Crippen molar-refractivity contribution in [2.75, 3.05) is 30.4 Å². The van der Waals surface area contributed by atoms with Crippen LogP contribution in [-0.4, -0.2) is 59.1 Å². The molecule has 0 spiro atoms. The van der Waals surface area contributed by atoms with Gasteiger partial charge in [0.05, 0.1) is 18.6 Å². The molecule has 2 aliphatic rings. The van der Waals surface area contributed by atoms with Gasteiger partial charge in [0.2, 0.25) is 0 Å². The van der Waals surface area contributed by atoms with Crippen molar-refractivity contribution in [3.05, 3.63) is 54.1 Å². The van der Waals surface area contributed by atoms with E-state index in [1.165, 1.54) is 6.20 Å². The van der Waals surface area contributed by atoms with Gasteiger partial charge in [-0.15, -0.1) is 0 Å². The number of alkyl halides is 3. The molecule has 3 N–H and O–H groups in total. The van der Waals surface area contributed by atoms with E-state index in [4.69, 9.17) is 4.42 Å². The molecule has 39 heavy (non-hydrogen) atoms. The molecule has 208 valence electrons. The average Bonchev–Trinajstić information content (AvgIpc) is 3.42. The third-order valence-electron chi connectivity index (χ3n) is 7.34. The molecule has 3 aromatic rings. The van der Waals surface area contributed by atoms with Gasteiger partial charge >= 0.3 is 6.18 Å². The number of hydrogen-bond acceptors (Lipinski definition) is 8. The average molecular weight is 544 g/mol. The van der Waals surface area contributed by atoms with Crippen molar-refractivity contribution in [3.8, 4) is 11.3 Å². The lowest BCUT2D eigenvalue weighted by Gasteiger charge is -2.39. The maximum absolute atomic E-state index is 12.9. The number of benzene rings is 1. The van der Waals surface area contributed by atoms with Gasteiger partial charge in [0.1, 0.15) is 5.82 Å². The Morgan fingerprint density at radius 3 is 2.59 bits per heavy atom. The van der Waals surface area contributed by atoms with Crippen molar-refractivity contribution in [1.29, 1.82) is 0 Å². The lowest BCUT2D eigenvalue weighted by molar-refractivity contribution is -0.141. The van der Waals surface area contributed by atoms with Gasteiger partial charge in [-0.3, -0.25) is 4.79 Å². The summed E-state index contributed by atoms with van der Waals surface area (Å²) in [5.41, 5.74) is 0.327. The fraction of sp³-hybridized carbons (Fsp3) is 0.481. The molecule has 2 aromatic heterocycles. The van der Waals surface area contributed by atoms with Crippen molar-refractivity contribution in [2.45, 2.75) is 62.8 Å². The quantitative estimate of drug-likeness (QED) is 0.400. The molecule has 5 rings (SSSR count). The van der Waals surface area contributed by atoms with Crippen LogP contribution in [0.15, 0.2) is 47.3 Å². The van der Waals surface area contributed by atoms with Crippen molar-refractivity contribution in [2.24, 2.45) is 0 Å². The number of piperidine rings is 1. The number of aromatic nitrogens is 3. The summed E-state index contributed by atoms with van der Waals surface area (Å²) in [5.74, 6) is 0.863. The van der Waals surface area contributed by atoms with Crippen LogP contribution in [0.5, 0.6) is 0 Å². The molecule has 2 fully saturated rings. The van der Waals surface area contributed by atoms with Gasteiger partial charge in [-0.05, 0) is 37.8 Å². The van der Waals surface area contributed by atoms with Crippen molar-refractivity contribution in [1.82, 2.24) is 25.6 Å². The molecule has 1 aromatic carbocycles. The summed E-state index contributed by atoms with van der Waals surface area (Å²) in [6, 6.07) is 8.09.